The first-order valence-electron chi connectivity index (χ1n) is 5.05. The molecule has 0 aromatic heterocycles. The number of allylic oxidation sites excluding steroid dienone is 2. The lowest BCUT2D eigenvalue weighted by Gasteiger charge is -2.15. The molecule has 0 bridgehead atoms. The summed E-state index contributed by atoms with van der Waals surface area (Å²) >= 11 is 0. The van der Waals surface area contributed by atoms with Crippen molar-refractivity contribution >= 4 is 8.07 Å². The van der Waals surface area contributed by atoms with Crippen molar-refractivity contribution in [2.45, 2.75) is 32.6 Å². The summed E-state index contributed by atoms with van der Waals surface area (Å²) in [6, 6.07) is 1.22. The Morgan fingerprint density at radius 3 is 2.57 bits per heavy atom. The normalized spacial score (nSPS) is 12.0. The van der Waals surface area contributed by atoms with E-state index in [4.69, 9.17) is 4.74 Å². The molecule has 1 N–H and O–H groups in total. The number of rotatable bonds is 7. The Kier molecular flexibility index (Phi) is 6.58. The van der Waals surface area contributed by atoms with Crippen molar-refractivity contribution in [3.63, 3.8) is 0 Å². The van der Waals surface area contributed by atoms with E-state index in [0.717, 1.165) is 12.2 Å². The minimum atomic E-state index is -0.928. The fraction of sp³-hybridized carbons (Fsp3) is 0.636. The van der Waals surface area contributed by atoms with Crippen LogP contribution in [0.5, 0.6) is 0 Å². The molecule has 0 rings (SSSR count). The van der Waals surface area contributed by atoms with Crippen molar-refractivity contribution in [2.24, 2.45) is 0 Å². The monoisotopic (exact) mass is 213 g/mol. The minimum absolute atomic E-state index is 0.592. The van der Waals surface area contributed by atoms with Crippen LogP contribution in [0.4, 0.5) is 0 Å². The number of ether oxygens (including phenoxy) is 1. The van der Waals surface area contributed by atoms with Gasteiger partial charge in [-0.25, -0.2) is 0 Å². The molecule has 0 atom stereocenters. The quantitative estimate of drug-likeness (QED) is 0.304. The lowest BCUT2D eigenvalue weighted by Crippen LogP contribution is -2.23. The van der Waals surface area contributed by atoms with Crippen LogP contribution in [0, 0.1) is 0 Å². The van der Waals surface area contributed by atoms with Gasteiger partial charge < -0.3 is 10.1 Å². The third-order valence-electron chi connectivity index (χ3n) is 1.67. The Morgan fingerprint density at radius 2 is 2.07 bits per heavy atom. The van der Waals surface area contributed by atoms with Crippen molar-refractivity contribution < 1.29 is 4.74 Å². The van der Waals surface area contributed by atoms with Crippen LogP contribution in [0.3, 0.4) is 0 Å². The fourth-order valence-corrected chi connectivity index (χ4v) is 1.52. The molecule has 0 radical (unpaired) electrons. The first-order valence-corrected chi connectivity index (χ1v) is 8.76. The van der Waals surface area contributed by atoms with E-state index >= 15 is 0 Å². The van der Waals surface area contributed by atoms with Gasteiger partial charge in [0.05, 0.1) is 0 Å². The average Bonchev–Trinajstić information content (AvgIpc) is 2.00. The Bertz CT molecular complexity index is 194. The summed E-state index contributed by atoms with van der Waals surface area (Å²) in [4.78, 5) is 0. The molecule has 0 aromatic rings. The van der Waals surface area contributed by atoms with E-state index in [2.05, 4.69) is 31.5 Å². The zero-order valence-corrected chi connectivity index (χ0v) is 10.9. The highest BCUT2D eigenvalue weighted by atomic mass is 28.3. The summed E-state index contributed by atoms with van der Waals surface area (Å²) in [6.07, 6.45) is 3.80. The van der Waals surface area contributed by atoms with Gasteiger partial charge >= 0.3 is 0 Å². The minimum Gasteiger partial charge on any atom is -0.369 e. The molecule has 0 heterocycles. The van der Waals surface area contributed by atoms with Gasteiger partial charge in [-0.3, -0.25) is 0 Å². The topological polar surface area (TPSA) is 21.3 Å². The molecule has 82 valence electrons. The Morgan fingerprint density at radius 1 is 1.43 bits per heavy atom. The molecule has 0 aliphatic carbocycles. The molecule has 0 amide bonds. The molecule has 0 saturated heterocycles. The maximum atomic E-state index is 5.43. The van der Waals surface area contributed by atoms with Gasteiger partial charge in [0.25, 0.3) is 0 Å². The summed E-state index contributed by atoms with van der Waals surface area (Å²) in [5.74, 6) is 0. The Balaban J connectivity index is 3.27. The molecule has 0 unspecified atom stereocenters. The second kappa shape index (κ2) is 6.84. The van der Waals surface area contributed by atoms with Gasteiger partial charge in [-0.1, -0.05) is 31.8 Å². The predicted octanol–water partition coefficient (Wildman–Crippen LogP) is 2.98. The average molecular weight is 213 g/mol. The zero-order chi connectivity index (χ0) is 11.0. The highest BCUT2D eigenvalue weighted by Crippen LogP contribution is 2.06. The van der Waals surface area contributed by atoms with E-state index in [1.54, 1.807) is 0 Å². The summed E-state index contributed by atoms with van der Waals surface area (Å²) in [6.45, 7) is 14.2. The molecule has 0 aromatic carbocycles. The molecule has 0 fully saturated rings. The van der Waals surface area contributed by atoms with Gasteiger partial charge in [0, 0.05) is 14.7 Å². The Hall–Kier alpha value is -0.543. The molecule has 0 aliphatic heterocycles. The number of nitrogens with one attached hydrogen (secondary N) is 1. The fourth-order valence-electron chi connectivity index (χ4n) is 0.759. The van der Waals surface area contributed by atoms with E-state index in [9.17, 15) is 0 Å². The molecule has 2 nitrogen and oxygen atoms in total. The lowest BCUT2D eigenvalue weighted by atomic mass is 10.3. The zero-order valence-electron chi connectivity index (χ0n) is 9.89. The maximum absolute atomic E-state index is 5.43. The maximum Gasteiger partial charge on any atom is 0.116 e. The third kappa shape index (κ3) is 11.5. The van der Waals surface area contributed by atoms with Gasteiger partial charge in [-0.15, -0.1) is 0 Å². The van der Waals surface area contributed by atoms with Gasteiger partial charge in [0.1, 0.15) is 6.73 Å². The molecular formula is C11H23NOSi. The van der Waals surface area contributed by atoms with E-state index in [1.165, 1.54) is 6.04 Å². The smallest absolute Gasteiger partial charge is 0.116 e. The SMILES string of the molecule is C=C(C)/C=C\NCOCC[Si](C)(C)C. The summed E-state index contributed by atoms with van der Waals surface area (Å²) in [7, 11) is -0.928. The highest BCUT2D eigenvalue weighted by molar-refractivity contribution is 6.76. The second-order valence-electron chi connectivity index (χ2n) is 4.75. The first-order chi connectivity index (χ1) is 6.42. The van der Waals surface area contributed by atoms with E-state index < -0.39 is 8.07 Å². The predicted molar refractivity (Wildman–Crippen MR) is 66.1 cm³/mol. The largest absolute Gasteiger partial charge is 0.369 e. The summed E-state index contributed by atoms with van der Waals surface area (Å²) < 4.78 is 5.43. The van der Waals surface area contributed by atoms with Crippen molar-refractivity contribution in [3.8, 4) is 0 Å². The van der Waals surface area contributed by atoms with Crippen LogP contribution >= 0.6 is 0 Å². The second-order valence-corrected chi connectivity index (χ2v) is 10.4. The molecule has 0 spiro atoms. The molecular weight excluding hydrogens is 190 g/mol. The van der Waals surface area contributed by atoms with E-state index in [-0.39, 0.29) is 0 Å². The van der Waals surface area contributed by atoms with Crippen LogP contribution in [-0.4, -0.2) is 21.4 Å². The van der Waals surface area contributed by atoms with Crippen LogP contribution in [0.1, 0.15) is 6.92 Å². The van der Waals surface area contributed by atoms with E-state index in [1.807, 2.05) is 19.2 Å². The number of hydrogen-bond donors (Lipinski definition) is 1. The molecule has 14 heavy (non-hydrogen) atoms. The third-order valence-corrected chi connectivity index (χ3v) is 3.37. The molecule has 3 heteroatoms. The van der Waals surface area contributed by atoms with Crippen LogP contribution in [-0.2, 0) is 4.74 Å². The lowest BCUT2D eigenvalue weighted by molar-refractivity contribution is 0.137. The standard InChI is InChI=1S/C11H23NOSi/c1-11(2)6-7-12-10-13-8-9-14(3,4)5/h6-7,12H,1,8-10H2,2-5H3/b7-6-. The molecule has 0 aliphatic rings. The van der Waals surface area contributed by atoms with Crippen molar-refractivity contribution in [3.05, 3.63) is 24.4 Å². The summed E-state index contributed by atoms with van der Waals surface area (Å²) in [5, 5.41) is 3.05. The summed E-state index contributed by atoms with van der Waals surface area (Å²) in [5.41, 5.74) is 1.04. The van der Waals surface area contributed by atoms with Gasteiger partial charge in [0.15, 0.2) is 0 Å². The molecule has 0 saturated carbocycles. The number of hydrogen-bond acceptors (Lipinski definition) is 2. The highest BCUT2D eigenvalue weighted by Gasteiger charge is 2.11. The van der Waals surface area contributed by atoms with Gasteiger partial charge in [-0.2, -0.15) is 0 Å². The van der Waals surface area contributed by atoms with Crippen molar-refractivity contribution in [2.75, 3.05) is 13.3 Å². The van der Waals surface area contributed by atoms with Crippen molar-refractivity contribution in [1.29, 1.82) is 0 Å². The van der Waals surface area contributed by atoms with Gasteiger partial charge in [0.2, 0.25) is 0 Å². The van der Waals surface area contributed by atoms with Crippen LogP contribution in [0.2, 0.25) is 25.7 Å². The van der Waals surface area contributed by atoms with Crippen molar-refractivity contribution in [1.82, 2.24) is 5.32 Å². The van der Waals surface area contributed by atoms with Gasteiger partial charge in [-0.05, 0) is 25.2 Å². The van der Waals surface area contributed by atoms with Crippen LogP contribution < -0.4 is 5.32 Å². The van der Waals surface area contributed by atoms with E-state index in [0.29, 0.717) is 6.73 Å². The Labute approximate surface area is 89.1 Å². The van der Waals surface area contributed by atoms with Crippen LogP contribution in [0.25, 0.3) is 0 Å². The van der Waals surface area contributed by atoms with Crippen LogP contribution in [0.15, 0.2) is 24.4 Å². The first kappa shape index (κ1) is 13.5.